The van der Waals surface area contributed by atoms with Crippen molar-refractivity contribution in [2.45, 2.75) is 31.2 Å². The molecule has 3 aromatic rings. The maximum absolute atomic E-state index is 13.7. The van der Waals surface area contributed by atoms with E-state index in [1.165, 1.54) is 14.2 Å². The van der Waals surface area contributed by atoms with Crippen LogP contribution in [-0.2, 0) is 0 Å². The lowest BCUT2D eigenvalue weighted by Gasteiger charge is -2.18. The van der Waals surface area contributed by atoms with E-state index in [1.54, 1.807) is 24.4 Å². The number of alkyl halides is 2. The summed E-state index contributed by atoms with van der Waals surface area (Å²) in [5.41, 5.74) is 0.812. The smallest absolute Gasteiger partial charge is 0.250 e. The summed E-state index contributed by atoms with van der Waals surface area (Å²) in [5.74, 6) is -1.58. The van der Waals surface area contributed by atoms with Gasteiger partial charge in [-0.2, -0.15) is 0 Å². The lowest BCUT2D eigenvalue weighted by Crippen LogP contribution is -2.20. The van der Waals surface area contributed by atoms with Crippen molar-refractivity contribution in [3.8, 4) is 22.8 Å². The molecule has 1 fully saturated rings. The Kier molecular flexibility index (Phi) is 6.03. The Bertz CT molecular complexity index is 1130. The molecule has 1 aliphatic rings. The number of ether oxygens (including phenoxy) is 2. The molecule has 2 heterocycles. The van der Waals surface area contributed by atoms with Crippen molar-refractivity contribution in [3.63, 3.8) is 0 Å². The van der Waals surface area contributed by atoms with Gasteiger partial charge in [0.25, 0.3) is 0 Å². The second kappa shape index (κ2) is 8.45. The van der Waals surface area contributed by atoms with Crippen molar-refractivity contribution in [1.29, 1.82) is 0 Å². The minimum Gasteiger partial charge on any atom is -0.495 e. The zero-order chi connectivity index (χ0) is 22.3. The molecule has 0 radical (unpaired) electrons. The van der Waals surface area contributed by atoms with Crippen LogP contribution in [0.15, 0.2) is 24.4 Å². The standard InChI is InChI=1S/C21H18Cl3F2N3O2/c1-30-14-7-15(31-2)19(24)17(18(14)23)13-5-10-9-27-16(22)6-12(10)20(29-13)28-11-3-4-21(25,26)8-11/h5-7,9,11H,3-4,8H2,1-2H3,(H,28,29). The summed E-state index contributed by atoms with van der Waals surface area (Å²) in [6.45, 7) is 0. The lowest BCUT2D eigenvalue weighted by molar-refractivity contribution is 0.00852. The van der Waals surface area contributed by atoms with Crippen LogP contribution >= 0.6 is 34.8 Å². The van der Waals surface area contributed by atoms with Crippen LogP contribution in [-0.4, -0.2) is 36.2 Å². The first-order valence-electron chi connectivity index (χ1n) is 9.43. The van der Waals surface area contributed by atoms with Crippen molar-refractivity contribution in [1.82, 2.24) is 9.97 Å². The number of rotatable bonds is 5. The fourth-order valence-corrected chi connectivity index (χ4v) is 4.59. The Morgan fingerprint density at radius 3 is 2.32 bits per heavy atom. The molecule has 164 valence electrons. The Hall–Kier alpha value is -2.09. The third-order valence-corrected chi connectivity index (χ3v) is 6.21. The van der Waals surface area contributed by atoms with Gasteiger partial charge in [0.2, 0.25) is 5.92 Å². The van der Waals surface area contributed by atoms with Gasteiger partial charge in [-0.05, 0) is 18.6 Å². The Morgan fingerprint density at radius 2 is 1.74 bits per heavy atom. The number of nitrogens with zero attached hydrogens (tertiary/aromatic N) is 2. The number of anilines is 1. The first kappa shape index (κ1) is 22.1. The van der Waals surface area contributed by atoms with Gasteiger partial charge >= 0.3 is 0 Å². The Morgan fingerprint density at radius 1 is 1.06 bits per heavy atom. The summed E-state index contributed by atoms with van der Waals surface area (Å²) in [5, 5.41) is 5.26. The predicted octanol–water partition coefficient (Wildman–Crippen LogP) is 6.87. The molecule has 1 N–H and O–H groups in total. The van der Waals surface area contributed by atoms with Crippen LogP contribution in [0.2, 0.25) is 15.2 Å². The highest BCUT2D eigenvalue weighted by atomic mass is 35.5. The molecular formula is C21H18Cl3F2N3O2. The molecule has 2 aromatic heterocycles. The van der Waals surface area contributed by atoms with Crippen LogP contribution in [0.1, 0.15) is 19.3 Å². The molecule has 1 unspecified atom stereocenters. The molecule has 1 aliphatic carbocycles. The predicted molar refractivity (Wildman–Crippen MR) is 119 cm³/mol. The molecule has 10 heteroatoms. The first-order chi connectivity index (χ1) is 14.7. The second-order valence-corrected chi connectivity index (χ2v) is 8.45. The quantitative estimate of drug-likeness (QED) is 0.397. The largest absolute Gasteiger partial charge is 0.495 e. The maximum Gasteiger partial charge on any atom is 0.250 e. The van der Waals surface area contributed by atoms with Crippen LogP contribution in [0.5, 0.6) is 11.5 Å². The fourth-order valence-electron chi connectivity index (χ4n) is 3.74. The number of pyridine rings is 2. The number of benzene rings is 1. The third kappa shape index (κ3) is 4.31. The summed E-state index contributed by atoms with van der Waals surface area (Å²) in [4.78, 5) is 8.80. The monoisotopic (exact) mass is 487 g/mol. The average molecular weight is 489 g/mol. The average Bonchev–Trinajstić information content (AvgIpc) is 3.07. The van der Waals surface area contributed by atoms with E-state index in [0.29, 0.717) is 45.8 Å². The summed E-state index contributed by atoms with van der Waals surface area (Å²) in [7, 11) is 2.96. The topological polar surface area (TPSA) is 56.3 Å². The molecular weight excluding hydrogens is 471 g/mol. The molecule has 0 bridgehead atoms. The molecule has 1 aromatic carbocycles. The van der Waals surface area contributed by atoms with Crippen LogP contribution in [0, 0.1) is 0 Å². The van der Waals surface area contributed by atoms with Crippen molar-refractivity contribution < 1.29 is 18.3 Å². The van der Waals surface area contributed by atoms with E-state index in [9.17, 15) is 8.78 Å². The molecule has 0 aliphatic heterocycles. The molecule has 0 saturated heterocycles. The van der Waals surface area contributed by atoms with Gasteiger partial charge in [0, 0.05) is 47.5 Å². The van der Waals surface area contributed by atoms with Gasteiger partial charge in [0.05, 0.1) is 30.0 Å². The van der Waals surface area contributed by atoms with Gasteiger partial charge in [-0.25, -0.2) is 18.7 Å². The minimum absolute atomic E-state index is 0.171. The first-order valence-corrected chi connectivity index (χ1v) is 10.6. The van der Waals surface area contributed by atoms with Gasteiger partial charge in [-0.1, -0.05) is 34.8 Å². The number of aromatic nitrogens is 2. The SMILES string of the molecule is COc1cc(OC)c(Cl)c(-c2cc3cnc(Cl)cc3c(NC3CCC(F)(F)C3)n2)c1Cl. The fraction of sp³-hybridized carbons (Fsp3) is 0.333. The molecule has 0 amide bonds. The molecule has 31 heavy (non-hydrogen) atoms. The summed E-state index contributed by atoms with van der Waals surface area (Å²) in [6, 6.07) is 4.53. The third-order valence-electron chi connectivity index (χ3n) is 5.26. The van der Waals surface area contributed by atoms with E-state index in [4.69, 9.17) is 44.3 Å². The van der Waals surface area contributed by atoms with Crippen molar-refractivity contribution in [2.24, 2.45) is 0 Å². The number of nitrogens with one attached hydrogen (secondary N) is 1. The number of hydrogen-bond acceptors (Lipinski definition) is 5. The molecule has 1 atom stereocenters. The molecule has 5 nitrogen and oxygen atoms in total. The summed E-state index contributed by atoms with van der Waals surface area (Å²) < 4.78 is 38.2. The summed E-state index contributed by atoms with van der Waals surface area (Å²) >= 11 is 19.2. The molecule has 1 saturated carbocycles. The minimum atomic E-state index is -2.70. The molecule has 0 spiro atoms. The van der Waals surface area contributed by atoms with Crippen LogP contribution in [0.25, 0.3) is 22.0 Å². The Balaban J connectivity index is 1.90. The highest BCUT2D eigenvalue weighted by Gasteiger charge is 2.39. The van der Waals surface area contributed by atoms with E-state index >= 15 is 0 Å². The molecule has 4 rings (SSSR count). The van der Waals surface area contributed by atoms with E-state index in [0.717, 1.165) is 0 Å². The zero-order valence-corrected chi connectivity index (χ0v) is 18.9. The van der Waals surface area contributed by atoms with Gasteiger partial charge < -0.3 is 14.8 Å². The van der Waals surface area contributed by atoms with Gasteiger partial charge in [-0.15, -0.1) is 0 Å². The number of hydrogen-bond donors (Lipinski definition) is 1. The lowest BCUT2D eigenvalue weighted by atomic mass is 10.1. The zero-order valence-electron chi connectivity index (χ0n) is 16.6. The number of methoxy groups -OCH3 is 2. The van der Waals surface area contributed by atoms with Crippen molar-refractivity contribution in [2.75, 3.05) is 19.5 Å². The number of fused-ring (bicyclic) bond motifs is 1. The maximum atomic E-state index is 13.7. The highest BCUT2D eigenvalue weighted by Crippen LogP contribution is 2.46. The van der Waals surface area contributed by atoms with E-state index in [1.807, 2.05) is 0 Å². The highest BCUT2D eigenvalue weighted by molar-refractivity contribution is 6.41. The van der Waals surface area contributed by atoms with E-state index < -0.39 is 12.0 Å². The van der Waals surface area contributed by atoms with Gasteiger partial charge in [0.1, 0.15) is 22.5 Å². The Labute approximate surface area is 192 Å². The van der Waals surface area contributed by atoms with Crippen molar-refractivity contribution in [3.05, 3.63) is 39.6 Å². The van der Waals surface area contributed by atoms with Crippen LogP contribution < -0.4 is 14.8 Å². The van der Waals surface area contributed by atoms with E-state index in [2.05, 4.69) is 15.3 Å². The van der Waals surface area contributed by atoms with Crippen LogP contribution in [0.4, 0.5) is 14.6 Å². The summed E-state index contributed by atoms with van der Waals surface area (Å²) in [6.07, 6.45) is 1.47. The number of halogens is 5. The van der Waals surface area contributed by atoms with Gasteiger partial charge in [0.15, 0.2) is 0 Å². The normalized spacial score (nSPS) is 17.7. The second-order valence-electron chi connectivity index (χ2n) is 7.31. The van der Waals surface area contributed by atoms with Crippen LogP contribution in [0.3, 0.4) is 0 Å². The van der Waals surface area contributed by atoms with Gasteiger partial charge in [-0.3, -0.25) is 0 Å². The van der Waals surface area contributed by atoms with E-state index in [-0.39, 0.29) is 28.0 Å². The van der Waals surface area contributed by atoms with Crippen molar-refractivity contribution >= 4 is 51.4 Å².